The van der Waals surface area contributed by atoms with Crippen LogP contribution in [0.4, 0.5) is 23.1 Å². The molecule has 0 saturated carbocycles. The van der Waals surface area contributed by atoms with E-state index in [9.17, 15) is 0 Å². The van der Waals surface area contributed by atoms with Gasteiger partial charge in [0.1, 0.15) is 5.82 Å². The largest absolute Gasteiger partial charge is 0.340 e. The molecule has 0 atom stereocenters. The highest BCUT2D eigenvalue weighted by Gasteiger charge is 2.07. The third-order valence-corrected chi connectivity index (χ3v) is 4.05. The van der Waals surface area contributed by atoms with E-state index in [0.29, 0.717) is 5.95 Å². The van der Waals surface area contributed by atoms with Gasteiger partial charge in [0.15, 0.2) is 0 Å². The SMILES string of the molecule is Cc1cnc2nc1Nc1cccc(c1)CCc1cccc(c1)N2. The Balaban J connectivity index is 1.83. The first-order valence-electron chi connectivity index (χ1n) is 7.82. The van der Waals surface area contributed by atoms with E-state index in [2.05, 4.69) is 63.1 Å². The van der Waals surface area contributed by atoms with E-state index in [1.807, 2.05) is 19.2 Å². The van der Waals surface area contributed by atoms with Crippen molar-refractivity contribution in [1.29, 1.82) is 0 Å². The van der Waals surface area contributed by atoms with Crippen LogP contribution in [0.5, 0.6) is 0 Å². The fourth-order valence-electron chi connectivity index (χ4n) is 2.79. The van der Waals surface area contributed by atoms with Crippen molar-refractivity contribution in [2.75, 3.05) is 10.6 Å². The summed E-state index contributed by atoms with van der Waals surface area (Å²) in [5.74, 6) is 1.43. The monoisotopic (exact) mass is 302 g/mol. The van der Waals surface area contributed by atoms with Crippen LogP contribution in [0.3, 0.4) is 0 Å². The number of nitrogens with one attached hydrogen (secondary N) is 2. The number of rotatable bonds is 0. The molecule has 2 aromatic carbocycles. The van der Waals surface area contributed by atoms with E-state index < -0.39 is 0 Å². The summed E-state index contributed by atoms with van der Waals surface area (Å²) in [5.41, 5.74) is 5.72. The Morgan fingerprint density at radius 3 is 2.22 bits per heavy atom. The Hall–Kier alpha value is -2.88. The zero-order chi connectivity index (χ0) is 15.6. The van der Waals surface area contributed by atoms with Crippen LogP contribution < -0.4 is 10.6 Å². The van der Waals surface area contributed by atoms with Gasteiger partial charge in [-0.3, -0.25) is 0 Å². The van der Waals surface area contributed by atoms with Gasteiger partial charge in [0.25, 0.3) is 0 Å². The van der Waals surface area contributed by atoms with Crippen molar-refractivity contribution in [3.63, 3.8) is 0 Å². The maximum Gasteiger partial charge on any atom is 0.229 e. The first-order chi connectivity index (χ1) is 11.3. The van der Waals surface area contributed by atoms with Gasteiger partial charge in [0, 0.05) is 23.1 Å². The quantitative estimate of drug-likeness (QED) is 0.647. The van der Waals surface area contributed by atoms with E-state index in [1.165, 1.54) is 11.1 Å². The van der Waals surface area contributed by atoms with Gasteiger partial charge in [-0.2, -0.15) is 4.98 Å². The number of fused-ring (bicyclic) bond motifs is 6. The smallest absolute Gasteiger partial charge is 0.229 e. The lowest BCUT2D eigenvalue weighted by Gasteiger charge is -2.11. The van der Waals surface area contributed by atoms with Gasteiger partial charge in [-0.15, -0.1) is 0 Å². The molecule has 2 N–H and O–H groups in total. The summed E-state index contributed by atoms with van der Waals surface area (Å²) in [6.07, 6.45) is 3.86. The highest BCUT2D eigenvalue weighted by molar-refractivity contribution is 5.63. The van der Waals surface area contributed by atoms with Crippen LogP contribution in [0.2, 0.25) is 0 Å². The van der Waals surface area contributed by atoms with E-state index in [4.69, 9.17) is 0 Å². The molecule has 114 valence electrons. The Labute approximate surface area is 135 Å². The van der Waals surface area contributed by atoms with E-state index >= 15 is 0 Å². The summed E-state index contributed by atoms with van der Waals surface area (Å²) in [6.45, 7) is 2.01. The molecule has 4 heteroatoms. The molecule has 0 spiro atoms. The third-order valence-electron chi connectivity index (χ3n) is 4.05. The van der Waals surface area contributed by atoms with E-state index in [-0.39, 0.29) is 0 Å². The number of aryl methyl sites for hydroxylation is 3. The van der Waals surface area contributed by atoms with Gasteiger partial charge in [-0.1, -0.05) is 24.3 Å². The van der Waals surface area contributed by atoms with Crippen LogP contribution in [0.25, 0.3) is 0 Å². The maximum atomic E-state index is 4.61. The molecule has 4 nitrogen and oxygen atoms in total. The molecule has 3 aromatic rings. The minimum Gasteiger partial charge on any atom is -0.340 e. The van der Waals surface area contributed by atoms with Gasteiger partial charge < -0.3 is 10.6 Å². The third kappa shape index (κ3) is 3.01. The summed E-state index contributed by atoms with van der Waals surface area (Å²) in [5, 5.41) is 6.70. The number of hydrogen-bond donors (Lipinski definition) is 2. The summed E-state index contributed by atoms with van der Waals surface area (Å²) >= 11 is 0. The molecule has 1 aliphatic heterocycles. The highest BCUT2D eigenvalue weighted by Crippen LogP contribution is 2.23. The first-order valence-corrected chi connectivity index (χ1v) is 7.82. The molecule has 0 unspecified atom stereocenters. The van der Waals surface area contributed by atoms with Crippen molar-refractivity contribution in [1.82, 2.24) is 9.97 Å². The zero-order valence-electron chi connectivity index (χ0n) is 13.0. The molecule has 4 rings (SSSR count). The normalized spacial score (nSPS) is 12.9. The van der Waals surface area contributed by atoms with Gasteiger partial charge in [0.05, 0.1) is 0 Å². The van der Waals surface area contributed by atoms with Crippen LogP contribution in [0, 0.1) is 6.92 Å². The predicted octanol–water partition coefficient (Wildman–Crippen LogP) is 4.37. The molecule has 0 aliphatic carbocycles. The van der Waals surface area contributed by atoms with Crippen LogP contribution >= 0.6 is 0 Å². The molecule has 1 aliphatic rings. The van der Waals surface area contributed by atoms with Gasteiger partial charge in [-0.05, 0) is 55.2 Å². The van der Waals surface area contributed by atoms with E-state index in [0.717, 1.165) is 35.6 Å². The Morgan fingerprint density at radius 1 is 0.870 bits per heavy atom. The second-order valence-corrected chi connectivity index (χ2v) is 5.88. The molecule has 0 radical (unpaired) electrons. The van der Waals surface area contributed by atoms with Crippen molar-refractivity contribution in [2.24, 2.45) is 0 Å². The molecule has 23 heavy (non-hydrogen) atoms. The number of aromatic nitrogens is 2. The van der Waals surface area contributed by atoms with E-state index in [1.54, 1.807) is 0 Å². The average molecular weight is 302 g/mol. The first kappa shape index (κ1) is 13.8. The zero-order valence-corrected chi connectivity index (χ0v) is 13.0. The van der Waals surface area contributed by atoms with Crippen LogP contribution in [-0.2, 0) is 12.8 Å². The Bertz CT molecular complexity index is 857. The second kappa shape index (κ2) is 5.72. The van der Waals surface area contributed by atoms with Crippen molar-refractivity contribution in [3.05, 3.63) is 71.4 Å². The number of anilines is 4. The lowest BCUT2D eigenvalue weighted by atomic mass is 10.0. The Kier molecular flexibility index (Phi) is 3.42. The van der Waals surface area contributed by atoms with Crippen LogP contribution in [0.15, 0.2) is 54.7 Å². The van der Waals surface area contributed by atoms with Crippen LogP contribution in [0.1, 0.15) is 16.7 Å². The summed E-state index contributed by atoms with van der Waals surface area (Å²) in [7, 11) is 0. The molecule has 0 amide bonds. The summed E-state index contributed by atoms with van der Waals surface area (Å²) in [4.78, 5) is 8.99. The second-order valence-electron chi connectivity index (χ2n) is 5.88. The van der Waals surface area contributed by atoms with Crippen molar-refractivity contribution < 1.29 is 0 Å². The minimum atomic E-state index is 0.602. The topological polar surface area (TPSA) is 49.8 Å². The lowest BCUT2D eigenvalue weighted by Crippen LogP contribution is -2.02. The van der Waals surface area contributed by atoms with Crippen molar-refractivity contribution in [2.45, 2.75) is 19.8 Å². The van der Waals surface area contributed by atoms with Gasteiger partial charge in [-0.25, -0.2) is 4.98 Å². The number of hydrogen-bond acceptors (Lipinski definition) is 4. The molecule has 6 bridgehead atoms. The highest BCUT2D eigenvalue weighted by atomic mass is 15.1. The molecule has 0 fully saturated rings. The molecule has 0 saturated heterocycles. The van der Waals surface area contributed by atoms with Gasteiger partial charge >= 0.3 is 0 Å². The molecule has 2 heterocycles. The van der Waals surface area contributed by atoms with Crippen molar-refractivity contribution in [3.8, 4) is 0 Å². The average Bonchev–Trinajstić information content (AvgIpc) is 2.57. The van der Waals surface area contributed by atoms with Crippen LogP contribution in [-0.4, -0.2) is 9.97 Å². The lowest BCUT2D eigenvalue weighted by molar-refractivity contribution is 0.961. The predicted molar refractivity (Wildman–Crippen MR) is 93.6 cm³/mol. The summed E-state index contributed by atoms with van der Waals surface area (Å²) in [6, 6.07) is 17.0. The summed E-state index contributed by atoms with van der Waals surface area (Å²) < 4.78 is 0. The fourth-order valence-corrected chi connectivity index (χ4v) is 2.79. The van der Waals surface area contributed by atoms with Crippen molar-refractivity contribution >= 4 is 23.1 Å². The fraction of sp³-hybridized carbons (Fsp3) is 0.158. The molecule has 1 aromatic heterocycles. The number of benzene rings is 2. The number of nitrogens with zero attached hydrogens (tertiary/aromatic N) is 2. The molecular formula is C19H18N4. The maximum absolute atomic E-state index is 4.61. The molecular weight excluding hydrogens is 284 g/mol. The Morgan fingerprint density at radius 2 is 1.52 bits per heavy atom. The standard InChI is InChI=1S/C19H18N4/c1-13-12-20-19-22-17-7-3-5-15(11-17)9-8-14-4-2-6-16(10-14)21-18(13)23-19/h2-7,10-12H,8-9H2,1H3,(H2,20,21,22,23). The van der Waals surface area contributed by atoms with Gasteiger partial charge in [0.2, 0.25) is 5.95 Å². The minimum absolute atomic E-state index is 0.602.